The first-order chi connectivity index (χ1) is 12.6. The van der Waals surface area contributed by atoms with Gasteiger partial charge in [0.25, 0.3) is 0 Å². The molecule has 1 unspecified atom stereocenters. The lowest BCUT2D eigenvalue weighted by atomic mass is 10.00. The van der Waals surface area contributed by atoms with Crippen LogP contribution in [0.2, 0.25) is 10.0 Å². The molecule has 4 nitrogen and oxygen atoms in total. The molecular formula is C20H19Cl2NO3. The van der Waals surface area contributed by atoms with Crippen molar-refractivity contribution >= 4 is 29.1 Å². The number of amides is 1. The average molecular weight is 392 g/mol. The number of carbonyl (C=O) groups excluding carboxylic acids is 1. The molecule has 2 aliphatic rings. The number of rotatable bonds is 4. The molecule has 1 amide bonds. The van der Waals surface area contributed by atoms with E-state index in [1.54, 1.807) is 12.1 Å². The zero-order valence-electron chi connectivity index (χ0n) is 14.2. The molecule has 1 atom stereocenters. The fourth-order valence-electron chi connectivity index (χ4n) is 3.44. The van der Waals surface area contributed by atoms with Crippen molar-refractivity contribution in [3.63, 3.8) is 0 Å². The first-order valence-corrected chi connectivity index (χ1v) is 9.49. The Morgan fingerprint density at radius 3 is 2.73 bits per heavy atom. The van der Waals surface area contributed by atoms with Crippen LogP contribution in [0.15, 0.2) is 36.4 Å². The predicted octanol–water partition coefficient (Wildman–Crippen LogP) is 4.67. The van der Waals surface area contributed by atoms with E-state index in [9.17, 15) is 4.79 Å². The van der Waals surface area contributed by atoms with Gasteiger partial charge in [-0.2, -0.15) is 0 Å². The second-order valence-corrected chi connectivity index (χ2v) is 7.46. The average Bonchev–Trinajstić information content (AvgIpc) is 3.30. The van der Waals surface area contributed by atoms with Crippen molar-refractivity contribution in [2.24, 2.45) is 0 Å². The molecule has 0 spiro atoms. The minimum absolute atomic E-state index is 0.169. The molecule has 2 heterocycles. The predicted molar refractivity (Wildman–Crippen MR) is 101 cm³/mol. The van der Waals surface area contributed by atoms with Gasteiger partial charge in [0, 0.05) is 40.3 Å². The third-order valence-corrected chi connectivity index (χ3v) is 5.48. The van der Waals surface area contributed by atoms with Gasteiger partial charge < -0.3 is 14.4 Å². The topological polar surface area (TPSA) is 38.8 Å². The third-order valence-electron chi connectivity index (χ3n) is 4.89. The maximum atomic E-state index is 12.7. The smallest absolute Gasteiger partial charge is 0.233 e. The molecular weight excluding hydrogens is 373 g/mol. The summed E-state index contributed by atoms with van der Waals surface area (Å²) in [6.45, 7) is 2.45. The molecule has 4 rings (SSSR count). The van der Waals surface area contributed by atoms with Crippen LogP contribution >= 0.6 is 23.2 Å². The number of carbonyl (C=O) groups is 1. The molecule has 6 heteroatoms. The molecule has 0 aromatic heterocycles. The Balaban J connectivity index is 1.45. The molecule has 2 aliphatic heterocycles. The Morgan fingerprint density at radius 2 is 1.96 bits per heavy atom. The molecule has 136 valence electrons. The van der Waals surface area contributed by atoms with Gasteiger partial charge in [-0.05, 0) is 31.0 Å². The highest BCUT2D eigenvalue weighted by Crippen LogP contribution is 2.38. The Kier molecular flexibility index (Phi) is 4.96. The summed E-state index contributed by atoms with van der Waals surface area (Å²) in [6.07, 6.45) is 2.18. The summed E-state index contributed by atoms with van der Waals surface area (Å²) in [5, 5.41) is 1.17. The van der Waals surface area contributed by atoms with Crippen LogP contribution < -0.4 is 9.47 Å². The first-order valence-electron chi connectivity index (χ1n) is 8.74. The van der Waals surface area contributed by atoms with Crippen molar-refractivity contribution in [3.05, 3.63) is 57.6 Å². The van der Waals surface area contributed by atoms with Gasteiger partial charge in [-0.3, -0.25) is 4.79 Å². The summed E-state index contributed by atoms with van der Waals surface area (Å²) in [6, 6.07) is 11.0. The van der Waals surface area contributed by atoms with Gasteiger partial charge in [-0.15, -0.1) is 0 Å². The van der Waals surface area contributed by atoms with Gasteiger partial charge in [0.2, 0.25) is 5.91 Å². The monoisotopic (exact) mass is 391 g/mol. The zero-order chi connectivity index (χ0) is 18.1. The van der Waals surface area contributed by atoms with Crippen LogP contribution in [0.1, 0.15) is 29.9 Å². The summed E-state index contributed by atoms with van der Waals surface area (Å²) in [4.78, 5) is 14.6. The number of benzene rings is 2. The molecule has 0 aliphatic carbocycles. The van der Waals surface area contributed by atoms with Gasteiger partial charge in [-0.25, -0.2) is 0 Å². The number of nitrogens with zero attached hydrogens (tertiary/aromatic N) is 1. The summed E-state index contributed by atoms with van der Waals surface area (Å²) in [5.74, 6) is 1.37. The fraction of sp³-hybridized carbons (Fsp3) is 0.350. The van der Waals surface area contributed by atoms with Crippen molar-refractivity contribution in [2.45, 2.75) is 25.4 Å². The lowest BCUT2D eigenvalue weighted by Gasteiger charge is -2.19. The Hall–Kier alpha value is -1.91. The molecule has 0 bridgehead atoms. The molecule has 1 fully saturated rings. The van der Waals surface area contributed by atoms with Gasteiger partial charge in [0.05, 0.1) is 0 Å². The van der Waals surface area contributed by atoms with E-state index in [-0.39, 0.29) is 11.8 Å². The van der Waals surface area contributed by atoms with Gasteiger partial charge in [0.1, 0.15) is 30.6 Å². The van der Waals surface area contributed by atoms with Crippen LogP contribution in [-0.2, 0) is 11.4 Å². The van der Waals surface area contributed by atoms with Crippen LogP contribution in [0.5, 0.6) is 11.5 Å². The first kappa shape index (κ1) is 17.5. The van der Waals surface area contributed by atoms with E-state index < -0.39 is 0 Å². The van der Waals surface area contributed by atoms with Crippen molar-refractivity contribution in [2.75, 3.05) is 19.7 Å². The number of ether oxygens (including phenoxy) is 2. The summed E-state index contributed by atoms with van der Waals surface area (Å²) in [5.41, 5.74) is 1.80. The van der Waals surface area contributed by atoms with E-state index in [1.807, 2.05) is 29.2 Å². The summed E-state index contributed by atoms with van der Waals surface area (Å²) >= 11 is 12.1. The maximum absolute atomic E-state index is 12.7. The van der Waals surface area contributed by atoms with Crippen LogP contribution in [0.4, 0.5) is 0 Å². The van der Waals surface area contributed by atoms with Gasteiger partial charge >= 0.3 is 0 Å². The van der Waals surface area contributed by atoms with E-state index >= 15 is 0 Å². The quantitative estimate of drug-likeness (QED) is 0.759. The molecule has 0 N–H and O–H groups in total. The summed E-state index contributed by atoms with van der Waals surface area (Å²) in [7, 11) is 0. The fourth-order valence-corrected chi connectivity index (χ4v) is 3.91. The summed E-state index contributed by atoms with van der Waals surface area (Å²) < 4.78 is 11.6. The van der Waals surface area contributed by atoms with Crippen LogP contribution in [-0.4, -0.2) is 30.5 Å². The third kappa shape index (κ3) is 3.49. The van der Waals surface area contributed by atoms with E-state index in [4.69, 9.17) is 32.7 Å². The Bertz CT molecular complexity index is 834. The van der Waals surface area contributed by atoms with Crippen LogP contribution in [0.25, 0.3) is 0 Å². The number of hydrogen-bond donors (Lipinski definition) is 0. The lowest BCUT2D eigenvalue weighted by Crippen LogP contribution is -2.33. The number of fused-ring (bicyclic) bond motifs is 1. The lowest BCUT2D eigenvalue weighted by molar-refractivity contribution is -0.131. The largest absolute Gasteiger partial charge is 0.492 e. The van der Waals surface area contributed by atoms with Gasteiger partial charge in [-0.1, -0.05) is 35.3 Å². The zero-order valence-corrected chi connectivity index (χ0v) is 15.7. The van der Waals surface area contributed by atoms with Crippen LogP contribution in [0, 0.1) is 0 Å². The number of halogens is 2. The second-order valence-electron chi connectivity index (χ2n) is 6.62. The van der Waals surface area contributed by atoms with Crippen molar-refractivity contribution in [3.8, 4) is 11.5 Å². The maximum Gasteiger partial charge on any atom is 0.233 e. The molecule has 1 saturated heterocycles. The van der Waals surface area contributed by atoms with Crippen molar-refractivity contribution < 1.29 is 14.3 Å². The molecule has 0 saturated carbocycles. The molecule has 0 radical (unpaired) electrons. The van der Waals surface area contributed by atoms with E-state index in [0.717, 1.165) is 42.8 Å². The van der Waals surface area contributed by atoms with Crippen molar-refractivity contribution in [1.29, 1.82) is 0 Å². The van der Waals surface area contributed by atoms with E-state index in [1.165, 1.54) is 0 Å². The molecule has 2 aromatic rings. The van der Waals surface area contributed by atoms with Crippen LogP contribution in [0.3, 0.4) is 0 Å². The Morgan fingerprint density at radius 1 is 1.15 bits per heavy atom. The second kappa shape index (κ2) is 7.37. The minimum Gasteiger partial charge on any atom is -0.492 e. The van der Waals surface area contributed by atoms with Crippen molar-refractivity contribution in [1.82, 2.24) is 4.90 Å². The SMILES string of the molecule is O=C(C1COc2cc(OCc3ccc(Cl)cc3Cl)ccc21)N1CCCC1. The highest BCUT2D eigenvalue weighted by molar-refractivity contribution is 6.35. The standard InChI is InChI=1S/C20H19Cl2NO3/c21-14-4-3-13(18(22)9-14)11-25-15-5-6-16-17(12-26-19(16)10-15)20(24)23-7-1-2-8-23/h3-6,9-10,17H,1-2,7-8,11-12H2. The molecule has 26 heavy (non-hydrogen) atoms. The van der Waals surface area contributed by atoms with E-state index in [0.29, 0.717) is 29.0 Å². The van der Waals surface area contributed by atoms with E-state index in [2.05, 4.69) is 0 Å². The van der Waals surface area contributed by atoms with Gasteiger partial charge in [0.15, 0.2) is 0 Å². The number of hydrogen-bond acceptors (Lipinski definition) is 3. The highest BCUT2D eigenvalue weighted by atomic mass is 35.5. The normalized spacial score (nSPS) is 18.5. The molecule has 2 aromatic carbocycles. The Labute approximate surface area is 162 Å². The minimum atomic E-state index is -0.206. The highest BCUT2D eigenvalue weighted by Gasteiger charge is 2.34. The number of likely N-dealkylation sites (tertiary alicyclic amines) is 1.